The SMILES string of the molecule is COC(=O)c1ccc(N)c(NCc2ccno2)c1. The number of methoxy groups -OCH3 is 1. The summed E-state index contributed by atoms with van der Waals surface area (Å²) in [6, 6.07) is 6.64. The van der Waals surface area contributed by atoms with Gasteiger partial charge in [-0.05, 0) is 18.2 Å². The van der Waals surface area contributed by atoms with Crippen molar-refractivity contribution in [3.8, 4) is 0 Å². The molecule has 6 nitrogen and oxygen atoms in total. The van der Waals surface area contributed by atoms with Gasteiger partial charge >= 0.3 is 5.97 Å². The average molecular weight is 247 g/mol. The van der Waals surface area contributed by atoms with Crippen molar-refractivity contribution in [1.29, 1.82) is 0 Å². The maximum Gasteiger partial charge on any atom is 0.337 e. The number of anilines is 2. The Labute approximate surface area is 104 Å². The smallest absolute Gasteiger partial charge is 0.337 e. The van der Waals surface area contributed by atoms with E-state index in [1.807, 2.05) is 0 Å². The monoisotopic (exact) mass is 247 g/mol. The summed E-state index contributed by atoms with van der Waals surface area (Å²) in [6.07, 6.45) is 1.56. The van der Waals surface area contributed by atoms with E-state index in [1.54, 1.807) is 30.5 Å². The summed E-state index contributed by atoms with van der Waals surface area (Å²) in [6.45, 7) is 0.439. The minimum Gasteiger partial charge on any atom is -0.465 e. The fourth-order valence-corrected chi connectivity index (χ4v) is 1.47. The van der Waals surface area contributed by atoms with Gasteiger partial charge in [0.1, 0.15) is 0 Å². The van der Waals surface area contributed by atoms with Crippen molar-refractivity contribution in [2.45, 2.75) is 6.54 Å². The average Bonchev–Trinajstić information content (AvgIpc) is 2.90. The number of rotatable bonds is 4. The maximum absolute atomic E-state index is 11.4. The van der Waals surface area contributed by atoms with Gasteiger partial charge in [0.05, 0.1) is 36.8 Å². The molecule has 0 aliphatic carbocycles. The molecule has 2 rings (SSSR count). The summed E-state index contributed by atoms with van der Waals surface area (Å²) in [5, 5.41) is 6.66. The molecule has 18 heavy (non-hydrogen) atoms. The predicted octanol–water partition coefficient (Wildman–Crippen LogP) is 1.66. The minimum atomic E-state index is -0.405. The summed E-state index contributed by atoms with van der Waals surface area (Å²) >= 11 is 0. The van der Waals surface area contributed by atoms with Crippen molar-refractivity contribution < 1.29 is 14.1 Å². The molecule has 3 N–H and O–H groups in total. The van der Waals surface area contributed by atoms with Gasteiger partial charge in [0, 0.05) is 6.07 Å². The van der Waals surface area contributed by atoms with Crippen LogP contribution < -0.4 is 11.1 Å². The molecular weight excluding hydrogens is 234 g/mol. The topological polar surface area (TPSA) is 90.4 Å². The van der Waals surface area contributed by atoms with Crippen molar-refractivity contribution in [2.24, 2.45) is 0 Å². The zero-order chi connectivity index (χ0) is 13.0. The molecule has 94 valence electrons. The Kier molecular flexibility index (Phi) is 3.47. The number of hydrogen-bond acceptors (Lipinski definition) is 6. The highest BCUT2D eigenvalue weighted by Gasteiger charge is 2.08. The lowest BCUT2D eigenvalue weighted by molar-refractivity contribution is 0.0601. The molecule has 1 aromatic heterocycles. The fraction of sp³-hybridized carbons (Fsp3) is 0.167. The van der Waals surface area contributed by atoms with Gasteiger partial charge in [0.25, 0.3) is 0 Å². The molecule has 2 aromatic rings. The number of nitrogens with zero attached hydrogens (tertiary/aromatic N) is 1. The van der Waals surface area contributed by atoms with Gasteiger partial charge in [0.2, 0.25) is 0 Å². The van der Waals surface area contributed by atoms with Gasteiger partial charge in [-0.25, -0.2) is 4.79 Å². The van der Waals surface area contributed by atoms with Crippen molar-refractivity contribution >= 4 is 17.3 Å². The van der Waals surface area contributed by atoms with E-state index in [-0.39, 0.29) is 0 Å². The predicted molar refractivity (Wildman–Crippen MR) is 66.0 cm³/mol. The van der Waals surface area contributed by atoms with E-state index in [2.05, 4.69) is 15.2 Å². The van der Waals surface area contributed by atoms with Gasteiger partial charge in [-0.1, -0.05) is 5.16 Å². The highest BCUT2D eigenvalue weighted by Crippen LogP contribution is 2.21. The first-order chi connectivity index (χ1) is 8.70. The van der Waals surface area contributed by atoms with Gasteiger partial charge in [0.15, 0.2) is 5.76 Å². The summed E-state index contributed by atoms with van der Waals surface area (Å²) < 4.78 is 9.59. The van der Waals surface area contributed by atoms with Crippen LogP contribution in [-0.2, 0) is 11.3 Å². The molecule has 1 aromatic carbocycles. The van der Waals surface area contributed by atoms with E-state index >= 15 is 0 Å². The van der Waals surface area contributed by atoms with Crippen molar-refractivity contribution in [3.63, 3.8) is 0 Å². The molecule has 6 heteroatoms. The Hall–Kier alpha value is -2.50. The number of nitrogen functional groups attached to an aromatic ring is 1. The normalized spacial score (nSPS) is 10.1. The number of ether oxygens (including phenoxy) is 1. The number of benzene rings is 1. The number of nitrogens with one attached hydrogen (secondary N) is 1. The van der Waals surface area contributed by atoms with Gasteiger partial charge in [-0.15, -0.1) is 0 Å². The van der Waals surface area contributed by atoms with Crippen LogP contribution in [0.25, 0.3) is 0 Å². The number of aromatic nitrogens is 1. The van der Waals surface area contributed by atoms with Crippen LogP contribution in [0.1, 0.15) is 16.1 Å². The Morgan fingerprint density at radius 2 is 2.33 bits per heavy atom. The van der Waals surface area contributed by atoms with Crippen LogP contribution in [0.4, 0.5) is 11.4 Å². The standard InChI is InChI=1S/C12H13N3O3/c1-17-12(16)8-2-3-10(13)11(6-8)14-7-9-4-5-15-18-9/h2-6,14H,7,13H2,1H3. The molecule has 0 fully saturated rings. The lowest BCUT2D eigenvalue weighted by Gasteiger charge is -2.09. The molecule has 0 amide bonds. The number of nitrogens with two attached hydrogens (primary N) is 1. The molecular formula is C12H13N3O3. The molecule has 0 saturated heterocycles. The zero-order valence-corrected chi connectivity index (χ0v) is 9.84. The summed E-state index contributed by atoms with van der Waals surface area (Å²) in [5.74, 6) is 0.274. The molecule has 0 aliphatic rings. The summed E-state index contributed by atoms with van der Waals surface area (Å²) in [7, 11) is 1.33. The lowest BCUT2D eigenvalue weighted by atomic mass is 10.1. The largest absolute Gasteiger partial charge is 0.465 e. The third-order valence-corrected chi connectivity index (χ3v) is 2.42. The van der Waals surface area contributed by atoms with Crippen molar-refractivity contribution in [3.05, 3.63) is 41.8 Å². The van der Waals surface area contributed by atoms with Crippen LogP contribution in [0, 0.1) is 0 Å². The molecule has 0 unspecified atom stereocenters. The van der Waals surface area contributed by atoms with Gasteiger partial charge in [-0.2, -0.15) is 0 Å². The van der Waals surface area contributed by atoms with Crippen LogP contribution in [0.3, 0.4) is 0 Å². The van der Waals surface area contributed by atoms with E-state index in [0.29, 0.717) is 29.2 Å². The van der Waals surface area contributed by atoms with E-state index < -0.39 is 5.97 Å². The second kappa shape index (κ2) is 5.22. The Bertz CT molecular complexity index is 538. The number of carbonyl (C=O) groups excluding carboxylic acids is 1. The second-order valence-corrected chi connectivity index (χ2v) is 3.63. The highest BCUT2D eigenvalue weighted by molar-refractivity contribution is 5.91. The lowest BCUT2D eigenvalue weighted by Crippen LogP contribution is -2.06. The number of carbonyl (C=O) groups is 1. The van der Waals surface area contributed by atoms with E-state index in [1.165, 1.54) is 7.11 Å². The molecule has 0 aliphatic heterocycles. The van der Waals surface area contributed by atoms with Crippen LogP contribution in [0.5, 0.6) is 0 Å². The zero-order valence-electron chi connectivity index (χ0n) is 9.84. The second-order valence-electron chi connectivity index (χ2n) is 3.63. The van der Waals surface area contributed by atoms with E-state index in [9.17, 15) is 4.79 Å². The van der Waals surface area contributed by atoms with Gasteiger partial charge < -0.3 is 20.3 Å². The Morgan fingerprint density at radius 3 is 3.00 bits per heavy atom. The molecule has 0 spiro atoms. The molecule has 0 radical (unpaired) electrons. The van der Waals surface area contributed by atoms with Crippen LogP contribution in [-0.4, -0.2) is 18.2 Å². The van der Waals surface area contributed by atoms with Crippen LogP contribution in [0.2, 0.25) is 0 Å². The highest BCUT2D eigenvalue weighted by atomic mass is 16.5. The van der Waals surface area contributed by atoms with Crippen molar-refractivity contribution in [1.82, 2.24) is 5.16 Å². The third-order valence-electron chi connectivity index (χ3n) is 2.42. The fourth-order valence-electron chi connectivity index (χ4n) is 1.47. The Balaban J connectivity index is 2.13. The summed E-state index contributed by atoms with van der Waals surface area (Å²) in [4.78, 5) is 11.4. The van der Waals surface area contributed by atoms with Crippen molar-refractivity contribution in [2.75, 3.05) is 18.2 Å². The summed E-state index contributed by atoms with van der Waals surface area (Å²) in [5.41, 5.74) is 7.44. The first-order valence-electron chi connectivity index (χ1n) is 5.32. The first-order valence-corrected chi connectivity index (χ1v) is 5.32. The van der Waals surface area contributed by atoms with Gasteiger partial charge in [-0.3, -0.25) is 0 Å². The van der Waals surface area contributed by atoms with Crippen LogP contribution >= 0.6 is 0 Å². The minimum absolute atomic E-state index is 0.405. The van der Waals surface area contributed by atoms with Crippen LogP contribution in [0.15, 0.2) is 35.0 Å². The third kappa shape index (κ3) is 2.60. The maximum atomic E-state index is 11.4. The molecule has 0 saturated carbocycles. The molecule has 1 heterocycles. The van der Waals surface area contributed by atoms with E-state index in [0.717, 1.165) is 0 Å². The first kappa shape index (κ1) is 12.0. The van der Waals surface area contributed by atoms with E-state index in [4.69, 9.17) is 10.3 Å². The molecule has 0 bridgehead atoms. The number of hydrogen-bond donors (Lipinski definition) is 2. The quantitative estimate of drug-likeness (QED) is 0.630. The number of esters is 1. The Morgan fingerprint density at radius 1 is 1.50 bits per heavy atom. The molecule has 0 atom stereocenters.